The highest BCUT2D eigenvalue weighted by Crippen LogP contribution is 2.18. The van der Waals surface area contributed by atoms with Crippen molar-refractivity contribution in [2.75, 3.05) is 45.8 Å². The van der Waals surface area contributed by atoms with E-state index in [1.807, 2.05) is 9.80 Å². The van der Waals surface area contributed by atoms with Crippen LogP contribution in [-0.2, 0) is 9.59 Å². The normalized spacial score (nSPS) is 22.0. The molecule has 0 aromatic carbocycles. The molecule has 2 aliphatic heterocycles. The summed E-state index contributed by atoms with van der Waals surface area (Å²) >= 11 is 0. The Hall–Kier alpha value is -1.14. The predicted molar refractivity (Wildman–Crippen MR) is 80.1 cm³/mol. The highest BCUT2D eigenvalue weighted by Gasteiger charge is 2.21. The molecule has 2 aliphatic rings. The second-order valence-corrected chi connectivity index (χ2v) is 6.14. The molecule has 0 radical (unpaired) electrons. The average Bonchev–Trinajstić information content (AvgIpc) is 2.71. The van der Waals surface area contributed by atoms with Gasteiger partial charge in [-0.25, -0.2) is 0 Å². The molecule has 1 amide bonds. The van der Waals surface area contributed by atoms with Crippen molar-refractivity contribution in [3.8, 4) is 0 Å². The molecule has 0 aromatic rings. The van der Waals surface area contributed by atoms with Gasteiger partial charge in [0.2, 0.25) is 5.91 Å². The van der Waals surface area contributed by atoms with E-state index in [-0.39, 0.29) is 12.5 Å². The molecule has 2 rings (SSSR count). The fourth-order valence-electron chi connectivity index (χ4n) is 3.23. The van der Waals surface area contributed by atoms with Crippen molar-refractivity contribution in [1.82, 2.24) is 15.1 Å². The molecule has 6 nitrogen and oxygen atoms in total. The number of hydrogen-bond donors (Lipinski definition) is 2. The minimum atomic E-state index is -0.791. The van der Waals surface area contributed by atoms with Gasteiger partial charge in [0.25, 0.3) is 0 Å². The summed E-state index contributed by atoms with van der Waals surface area (Å²) in [5.41, 5.74) is 0. The largest absolute Gasteiger partial charge is 0.480 e. The van der Waals surface area contributed by atoms with Crippen LogP contribution in [0.1, 0.15) is 32.1 Å². The number of carbonyl (C=O) groups excluding carboxylic acids is 1. The summed E-state index contributed by atoms with van der Waals surface area (Å²) in [7, 11) is 0. The summed E-state index contributed by atoms with van der Waals surface area (Å²) in [4.78, 5) is 26.9. The smallest absolute Gasteiger partial charge is 0.317 e. The van der Waals surface area contributed by atoms with Crippen LogP contribution >= 0.6 is 0 Å². The first-order valence-electron chi connectivity index (χ1n) is 8.08. The topological polar surface area (TPSA) is 72.9 Å². The van der Waals surface area contributed by atoms with Gasteiger partial charge in [0.1, 0.15) is 0 Å². The van der Waals surface area contributed by atoms with E-state index >= 15 is 0 Å². The molecule has 0 atom stereocenters. The molecule has 0 unspecified atom stereocenters. The zero-order valence-electron chi connectivity index (χ0n) is 12.7. The molecule has 0 bridgehead atoms. The highest BCUT2D eigenvalue weighted by atomic mass is 16.4. The molecule has 0 aromatic heterocycles. The first kappa shape index (κ1) is 16.2. The zero-order valence-corrected chi connectivity index (χ0v) is 12.7. The zero-order chi connectivity index (χ0) is 15.1. The number of carbonyl (C=O) groups is 2. The third-order valence-electron chi connectivity index (χ3n) is 4.53. The molecular formula is C15H27N3O3. The van der Waals surface area contributed by atoms with Crippen LogP contribution in [0, 0.1) is 5.92 Å². The maximum Gasteiger partial charge on any atom is 0.317 e. The number of rotatable bonds is 5. The van der Waals surface area contributed by atoms with Gasteiger partial charge in [-0.3, -0.25) is 14.5 Å². The van der Waals surface area contributed by atoms with Gasteiger partial charge < -0.3 is 15.3 Å². The van der Waals surface area contributed by atoms with E-state index in [0.717, 1.165) is 39.0 Å². The number of nitrogens with zero attached hydrogens (tertiary/aromatic N) is 2. The van der Waals surface area contributed by atoms with Gasteiger partial charge in [-0.2, -0.15) is 0 Å². The fourth-order valence-corrected chi connectivity index (χ4v) is 3.23. The Morgan fingerprint density at radius 2 is 1.86 bits per heavy atom. The minimum Gasteiger partial charge on any atom is -0.480 e. The first-order valence-corrected chi connectivity index (χ1v) is 8.08. The number of piperidine rings is 1. The van der Waals surface area contributed by atoms with E-state index in [1.54, 1.807) is 0 Å². The van der Waals surface area contributed by atoms with Crippen LogP contribution < -0.4 is 5.32 Å². The van der Waals surface area contributed by atoms with Crippen LogP contribution in [0.3, 0.4) is 0 Å². The van der Waals surface area contributed by atoms with Crippen LogP contribution in [-0.4, -0.2) is 72.6 Å². The van der Waals surface area contributed by atoms with E-state index in [0.29, 0.717) is 25.4 Å². The first-order chi connectivity index (χ1) is 10.1. The summed E-state index contributed by atoms with van der Waals surface area (Å²) < 4.78 is 0. The average molecular weight is 297 g/mol. The van der Waals surface area contributed by atoms with Gasteiger partial charge in [-0.1, -0.05) is 0 Å². The van der Waals surface area contributed by atoms with E-state index in [9.17, 15) is 9.59 Å². The second kappa shape index (κ2) is 8.34. The number of carboxylic acids is 1. The number of aliphatic carboxylic acids is 1. The summed E-state index contributed by atoms with van der Waals surface area (Å²) in [6, 6.07) is 0. The fraction of sp³-hybridized carbons (Fsp3) is 0.867. The van der Waals surface area contributed by atoms with Crippen molar-refractivity contribution in [2.24, 2.45) is 5.92 Å². The molecule has 6 heteroatoms. The van der Waals surface area contributed by atoms with Crippen molar-refractivity contribution in [1.29, 1.82) is 0 Å². The van der Waals surface area contributed by atoms with Crippen LogP contribution in [0.25, 0.3) is 0 Å². The Bertz CT molecular complexity index is 356. The molecule has 2 N–H and O–H groups in total. The Balaban J connectivity index is 1.70. The summed E-state index contributed by atoms with van der Waals surface area (Å²) in [6.45, 7) is 5.10. The Morgan fingerprint density at radius 3 is 2.57 bits per heavy atom. The molecule has 120 valence electrons. The van der Waals surface area contributed by atoms with Crippen molar-refractivity contribution in [2.45, 2.75) is 32.1 Å². The van der Waals surface area contributed by atoms with Gasteiger partial charge in [0, 0.05) is 32.6 Å². The summed E-state index contributed by atoms with van der Waals surface area (Å²) in [6.07, 6.45) is 4.87. The quantitative estimate of drug-likeness (QED) is 0.768. The maximum absolute atomic E-state index is 12.3. The molecule has 0 aliphatic carbocycles. The van der Waals surface area contributed by atoms with Crippen LogP contribution in [0.5, 0.6) is 0 Å². The number of nitrogens with one attached hydrogen (secondary N) is 1. The maximum atomic E-state index is 12.3. The van der Waals surface area contributed by atoms with Gasteiger partial charge in [0.15, 0.2) is 0 Å². The third kappa shape index (κ3) is 5.63. The van der Waals surface area contributed by atoms with E-state index in [1.165, 1.54) is 12.8 Å². The van der Waals surface area contributed by atoms with Crippen molar-refractivity contribution in [3.63, 3.8) is 0 Å². The lowest BCUT2D eigenvalue weighted by Gasteiger charge is -2.25. The lowest BCUT2D eigenvalue weighted by Crippen LogP contribution is -2.37. The number of hydrogen-bond acceptors (Lipinski definition) is 4. The van der Waals surface area contributed by atoms with E-state index < -0.39 is 5.97 Å². The SMILES string of the molecule is O=C(O)CN1CCCN(C(=O)CCC2CCNCC2)CC1. The number of amides is 1. The van der Waals surface area contributed by atoms with Gasteiger partial charge in [0.05, 0.1) is 6.54 Å². The predicted octanol–water partition coefficient (Wildman–Crippen LogP) is 0.385. The third-order valence-corrected chi connectivity index (χ3v) is 4.53. The second-order valence-electron chi connectivity index (χ2n) is 6.14. The van der Waals surface area contributed by atoms with E-state index in [4.69, 9.17) is 5.11 Å². The van der Waals surface area contributed by atoms with E-state index in [2.05, 4.69) is 5.32 Å². The van der Waals surface area contributed by atoms with Crippen molar-refractivity contribution < 1.29 is 14.7 Å². The standard InChI is InChI=1S/C15H27N3O3/c19-14(3-2-13-4-6-16-7-5-13)18-9-1-8-17(10-11-18)12-15(20)21/h13,16H,1-12H2,(H,20,21). The molecule has 2 heterocycles. The molecule has 0 spiro atoms. The van der Waals surface area contributed by atoms with Gasteiger partial charge in [-0.15, -0.1) is 0 Å². The minimum absolute atomic E-state index is 0.0805. The monoisotopic (exact) mass is 297 g/mol. The molecule has 2 saturated heterocycles. The van der Waals surface area contributed by atoms with Crippen molar-refractivity contribution >= 4 is 11.9 Å². The highest BCUT2D eigenvalue weighted by molar-refractivity contribution is 5.76. The Kier molecular flexibility index (Phi) is 6.45. The molecular weight excluding hydrogens is 270 g/mol. The lowest BCUT2D eigenvalue weighted by molar-refractivity contribution is -0.138. The van der Waals surface area contributed by atoms with Gasteiger partial charge >= 0.3 is 5.97 Å². The summed E-state index contributed by atoms with van der Waals surface area (Å²) in [5, 5.41) is 12.2. The van der Waals surface area contributed by atoms with Crippen LogP contribution in [0.15, 0.2) is 0 Å². The Morgan fingerprint density at radius 1 is 1.10 bits per heavy atom. The van der Waals surface area contributed by atoms with Crippen LogP contribution in [0.4, 0.5) is 0 Å². The molecule has 0 saturated carbocycles. The summed E-state index contributed by atoms with van der Waals surface area (Å²) in [5.74, 6) is 0.136. The van der Waals surface area contributed by atoms with Crippen molar-refractivity contribution in [3.05, 3.63) is 0 Å². The molecule has 21 heavy (non-hydrogen) atoms. The Labute approximate surface area is 126 Å². The lowest BCUT2D eigenvalue weighted by atomic mass is 9.93. The van der Waals surface area contributed by atoms with Gasteiger partial charge in [-0.05, 0) is 44.7 Å². The molecule has 2 fully saturated rings. The number of carboxylic acid groups (broad SMARTS) is 1. The van der Waals surface area contributed by atoms with Crippen LogP contribution in [0.2, 0.25) is 0 Å².